The molecule has 3 rings (SSSR count). The van der Waals surface area contributed by atoms with Gasteiger partial charge in [0.15, 0.2) is 0 Å². The number of benzene rings is 1. The molecule has 3 N–H and O–H groups in total. The highest BCUT2D eigenvalue weighted by molar-refractivity contribution is 7.18. The lowest BCUT2D eigenvalue weighted by Crippen LogP contribution is -2.41. The number of halogens is 1. The Kier molecular flexibility index (Phi) is 8.12. The first-order chi connectivity index (χ1) is 14.9. The number of hydrogen-bond donors (Lipinski definition) is 3. The zero-order valence-electron chi connectivity index (χ0n) is 17.6. The van der Waals surface area contributed by atoms with Crippen molar-refractivity contribution in [3.8, 4) is 0 Å². The number of aryl methyl sites for hydroxylation is 1. The number of aliphatic hydroxyl groups is 1. The van der Waals surface area contributed by atoms with Gasteiger partial charge in [-0.15, -0.1) is 17.9 Å². The molecule has 0 spiro atoms. The Hall–Kier alpha value is -2.35. The number of amides is 2. The molecule has 1 unspecified atom stereocenters. The summed E-state index contributed by atoms with van der Waals surface area (Å²) in [6.45, 7) is 6.89. The van der Waals surface area contributed by atoms with E-state index in [0.29, 0.717) is 15.6 Å². The third-order valence-electron chi connectivity index (χ3n) is 5.33. The summed E-state index contributed by atoms with van der Waals surface area (Å²) >= 11 is 7.04. The Balaban J connectivity index is 1.52. The molecule has 2 amide bonds. The highest BCUT2D eigenvalue weighted by Crippen LogP contribution is 2.30. The summed E-state index contributed by atoms with van der Waals surface area (Å²) < 4.78 is 0.550. The third-order valence-corrected chi connectivity index (χ3v) is 6.56. The van der Waals surface area contributed by atoms with Gasteiger partial charge in [-0.2, -0.15) is 0 Å². The van der Waals surface area contributed by atoms with E-state index >= 15 is 0 Å². The van der Waals surface area contributed by atoms with Crippen LogP contribution in [-0.4, -0.2) is 42.7 Å². The molecule has 2 atom stereocenters. The van der Waals surface area contributed by atoms with Crippen LogP contribution in [-0.2, 0) is 4.79 Å². The SMILES string of the molecule is C=CCC1CCCN(c2ccc(NC[C@@H](O)CNC(=O)c3ccc(Cl)s3)cc2C)C1=O. The molecule has 1 aliphatic heterocycles. The molecule has 1 aromatic heterocycles. The van der Waals surface area contributed by atoms with Crippen molar-refractivity contribution >= 4 is 46.1 Å². The number of allylic oxidation sites excluding steroid dienone is 1. The van der Waals surface area contributed by atoms with Gasteiger partial charge in [-0.05, 0) is 62.1 Å². The maximum absolute atomic E-state index is 12.8. The van der Waals surface area contributed by atoms with Crippen LogP contribution in [0, 0.1) is 12.8 Å². The van der Waals surface area contributed by atoms with Gasteiger partial charge in [0.2, 0.25) is 5.91 Å². The fourth-order valence-electron chi connectivity index (χ4n) is 3.72. The maximum Gasteiger partial charge on any atom is 0.261 e. The predicted octanol–water partition coefficient (Wildman–Crippen LogP) is 4.23. The second-order valence-electron chi connectivity index (χ2n) is 7.70. The van der Waals surface area contributed by atoms with Crippen LogP contribution in [0.3, 0.4) is 0 Å². The van der Waals surface area contributed by atoms with Crippen LogP contribution in [0.25, 0.3) is 0 Å². The molecule has 0 aliphatic carbocycles. The molecule has 1 aromatic carbocycles. The van der Waals surface area contributed by atoms with E-state index in [1.165, 1.54) is 11.3 Å². The van der Waals surface area contributed by atoms with E-state index in [4.69, 9.17) is 11.6 Å². The predicted molar refractivity (Wildman–Crippen MR) is 127 cm³/mol. The number of nitrogens with one attached hydrogen (secondary N) is 2. The monoisotopic (exact) mass is 461 g/mol. The summed E-state index contributed by atoms with van der Waals surface area (Å²) in [6.07, 6.45) is 3.67. The van der Waals surface area contributed by atoms with Crippen molar-refractivity contribution in [3.05, 3.63) is 57.8 Å². The lowest BCUT2D eigenvalue weighted by Gasteiger charge is -2.33. The van der Waals surface area contributed by atoms with E-state index in [1.54, 1.807) is 12.1 Å². The van der Waals surface area contributed by atoms with Crippen LogP contribution >= 0.6 is 22.9 Å². The minimum Gasteiger partial charge on any atom is -0.389 e. The lowest BCUT2D eigenvalue weighted by atomic mass is 9.93. The zero-order valence-corrected chi connectivity index (χ0v) is 19.1. The van der Waals surface area contributed by atoms with Crippen molar-refractivity contribution in [2.75, 3.05) is 29.9 Å². The van der Waals surface area contributed by atoms with Gasteiger partial charge >= 0.3 is 0 Å². The molecule has 8 heteroatoms. The molecule has 31 heavy (non-hydrogen) atoms. The fraction of sp³-hybridized carbons (Fsp3) is 0.391. The topological polar surface area (TPSA) is 81.7 Å². The number of carbonyl (C=O) groups is 2. The van der Waals surface area contributed by atoms with E-state index in [-0.39, 0.29) is 30.8 Å². The number of thiophene rings is 1. The van der Waals surface area contributed by atoms with E-state index < -0.39 is 6.10 Å². The van der Waals surface area contributed by atoms with Crippen molar-refractivity contribution in [1.82, 2.24) is 5.32 Å². The lowest BCUT2D eigenvalue weighted by molar-refractivity contribution is -0.123. The first-order valence-corrected chi connectivity index (χ1v) is 11.6. The minimum atomic E-state index is -0.747. The van der Waals surface area contributed by atoms with Crippen LogP contribution < -0.4 is 15.5 Å². The quantitative estimate of drug-likeness (QED) is 0.488. The Labute approximate surface area is 191 Å². The van der Waals surface area contributed by atoms with E-state index in [1.807, 2.05) is 36.1 Å². The van der Waals surface area contributed by atoms with Crippen LogP contribution in [0.4, 0.5) is 11.4 Å². The average Bonchev–Trinajstić information content (AvgIpc) is 3.19. The summed E-state index contributed by atoms with van der Waals surface area (Å²) in [5, 5.41) is 16.1. The smallest absolute Gasteiger partial charge is 0.261 e. The molecular formula is C23H28ClN3O3S. The Morgan fingerprint density at radius 1 is 1.39 bits per heavy atom. The second kappa shape index (κ2) is 10.8. The first-order valence-electron chi connectivity index (χ1n) is 10.4. The molecule has 166 valence electrons. The third kappa shape index (κ3) is 6.09. The van der Waals surface area contributed by atoms with Crippen LogP contribution in [0.2, 0.25) is 4.34 Å². The van der Waals surface area contributed by atoms with Gasteiger partial charge in [-0.25, -0.2) is 0 Å². The van der Waals surface area contributed by atoms with E-state index in [2.05, 4.69) is 17.2 Å². The number of aliphatic hydroxyl groups excluding tert-OH is 1. The van der Waals surface area contributed by atoms with Gasteiger partial charge < -0.3 is 20.6 Å². The van der Waals surface area contributed by atoms with Gasteiger partial charge in [0.05, 0.1) is 15.3 Å². The van der Waals surface area contributed by atoms with Crippen molar-refractivity contribution in [2.45, 2.75) is 32.3 Å². The molecule has 1 saturated heterocycles. The molecule has 2 heterocycles. The number of nitrogens with zero attached hydrogens (tertiary/aromatic N) is 1. The Bertz CT molecular complexity index is 946. The molecule has 6 nitrogen and oxygen atoms in total. The molecule has 0 saturated carbocycles. The molecular weight excluding hydrogens is 434 g/mol. The van der Waals surface area contributed by atoms with Gasteiger partial charge in [0.25, 0.3) is 5.91 Å². The minimum absolute atomic E-state index is 0.0130. The van der Waals surface area contributed by atoms with Crippen LogP contribution in [0.5, 0.6) is 0 Å². The normalized spacial score (nSPS) is 17.3. The first kappa shape index (κ1) is 23.3. The Morgan fingerprint density at radius 3 is 2.87 bits per heavy atom. The highest BCUT2D eigenvalue weighted by atomic mass is 35.5. The second-order valence-corrected chi connectivity index (χ2v) is 9.42. The standard InChI is InChI=1S/C23H28ClN3O3S/c1-3-5-16-6-4-11-27(23(16)30)19-8-7-17(12-15(19)2)25-13-18(28)14-26-22(29)20-9-10-21(24)31-20/h3,7-10,12,16,18,25,28H,1,4-6,11,13-14H2,2H3,(H,26,29)/t16?,18-/m1/s1. The van der Waals surface area contributed by atoms with Crippen molar-refractivity contribution in [1.29, 1.82) is 0 Å². The largest absolute Gasteiger partial charge is 0.389 e. The Morgan fingerprint density at radius 2 is 2.19 bits per heavy atom. The molecule has 1 fully saturated rings. The average molecular weight is 462 g/mol. The fourth-order valence-corrected chi connectivity index (χ4v) is 4.68. The molecule has 0 radical (unpaired) electrons. The molecule has 1 aliphatic rings. The number of hydrogen-bond acceptors (Lipinski definition) is 5. The summed E-state index contributed by atoms with van der Waals surface area (Å²) in [5.74, 6) is -0.0794. The van der Waals surface area contributed by atoms with Gasteiger partial charge in [-0.1, -0.05) is 17.7 Å². The maximum atomic E-state index is 12.8. The van der Waals surface area contributed by atoms with Crippen molar-refractivity contribution in [2.24, 2.45) is 5.92 Å². The molecule has 2 aromatic rings. The van der Waals surface area contributed by atoms with Gasteiger partial charge in [0.1, 0.15) is 0 Å². The summed E-state index contributed by atoms with van der Waals surface area (Å²) in [7, 11) is 0. The summed E-state index contributed by atoms with van der Waals surface area (Å²) in [5.41, 5.74) is 2.77. The van der Waals surface area contributed by atoms with E-state index in [0.717, 1.165) is 36.3 Å². The van der Waals surface area contributed by atoms with Crippen molar-refractivity contribution < 1.29 is 14.7 Å². The van der Waals surface area contributed by atoms with E-state index in [9.17, 15) is 14.7 Å². The zero-order chi connectivity index (χ0) is 22.4. The highest BCUT2D eigenvalue weighted by Gasteiger charge is 2.29. The van der Waals surface area contributed by atoms with Gasteiger partial charge in [0, 0.05) is 36.9 Å². The summed E-state index contributed by atoms with van der Waals surface area (Å²) in [4.78, 5) is 27.2. The van der Waals surface area contributed by atoms with Crippen LogP contribution in [0.1, 0.15) is 34.5 Å². The number of rotatable bonds is 9. The summed E-state index contributed by atoms with van der Waals surface area (Å²) in [6, 6.07) is 9.15. The van der Waals surface area contributed by atoms with Gasteiger partial charge in [-0.3, -0.25) is 9.59 Å². The number of carbonyl (C=O) groups excluding carboxylic acids is 2. The number of piperidine rings is 1. The number of anilines is 2. The molecule has 0 bridgehead atoms. The van der Waals surface area contributed by atoms with Crippen molar-refractivity contribution in [3.63, 3.8) is 0 Å². The van der Waals surface area contributed by atoms with Crippen LogP contribution in [0.15, 0.2) is 43.0 Å².